The van der Waals surface area contributed by atoms with Crippen molar-refractivity contribution in [3.63, 3.8) is 0 Å². The van der Waals surface area contributed by atoms with Gasteiger partial charge in [0.15, 0.2) is 6.23 Å². The zero-order chi connectivity index (χ0) is 33.4. The molecule has 13 heteroatoms. The van der Waals surface area contributed by atoms with Gasteiger partial charge < -0.3 is 24.4 Å². The minimum atomic E-state index is -3.93. The SMILES string of the molecule is CCCCCCCCCCCCCCCCCC(=O)NCC#Cc1cn([C@@H]2O[C@@]3(COC)CO[C@H]2C3OP(C)(=O)O)c(=O)[nH]c1=O. The molecule has 3 rings (SSSR count). The highest BCUT2D eigenvalue weighted by Crippen LogP contribution is 2.52. The molecule has 0 aromatic carbocycles. The van der Waals surface area contributed by atoms with Crippen LogP contribution in [0, 0.1) is 11.8 Å². The van der Waals surface area contributed by atoms with Gasteiger partial charge in [-0.1, -0.05) is 109 Å². The van der Waals surface area contributed by atoms with Gasteiger partial charge in [0, 0.05) is 26.4 Å². The first-order valence-electron chi connectivity index (χ1n) is 17.0. The number of nitrogens with one attached hydrogen (secondary N) is 2. The number of unbranched alkanes of at least 4 members (excludes halogenated alkanes) is 14. The molecule has 260 valence electrons. The second-order valence-electron chi connectivity index (χ2n) is 12.6. The van der Waals surface area contributed by atoms with Gasteiger partial charge in [0.2, 0.25) is 5.91 Å². The third-order valence-corrected chi connectivity index (χ3v) is 9.14. The highest BCUT2D eigenvalue weighted by molar-refractivity contribution is 7.51. The number of hydrogen-bond donors (Lipinski definition) is 3. The Labute approximate surface area is 272 Å². The number of hydrogen-bond acceptors (Lipinski definition) is 8. The van der Waals surface area contributed by atoms with Crippen LogP contribution < -0.4 is 16.6 Å². The number of methoxy groups -OCH3 is 1. The van der Waals surface area contributed by atoms with Crippen molar-refractivity contribution in [3.8, 4) is 11.8 Å². The molecule has 2 aliphatic rings. The summed E-state index contributed by atoms with van der Waals surface area (Å²) >= 11 is 0. The number of aromatic nitrogens is 2. The highest BCUT2D eigenvalue weighted by atomic mass is 31.2. The molecule has 2 unspecified atom stereocenters. The summed E-state index contributed by atoms with van der Waals surface area (Å²) in [7, 11) is -2.49. The summed E-state index contributed by atoms with van der Waals surface area (Å²) in [6.07, 6.45) is 17.7. The Balaban J connectivity index is 1.36. The number of aromatic amines is 1. The van der Waals surface area contributed by atoms with Crippen molar-refractivity contribution in [2.45, 2.75) is 134 Å². The van der Waals surface area contributed by atoms with Gasteiger partial charge in [-0.15, -0.1) is 0 Å². The van der Waals surface area contributed by atoms with E-state index in [1.54, 1.807) is 0 Å². The fraction of sp³-hybridized carbons (Fsp3) is 0.788. The maximum absolute atomic E-state index is 12.7. The van der Waals surface area contributed by atoms with Gasteiger partial charge in [0.1, 0.15) is 23.4 Å². The molecular formula is C33H54N3O9P. The predicted octanol–water partition coefficient (Wildman–Crippen LogP) is 4.78. The van der Waals surface area contributed by atoms with E-state index >= 15 is 0 Å². The molecule has 0 aliphatic carbocycles. The smallest absolute Gasteiger partial charge is 0.330 e. The maximum Gasteiger partial charge on any atom is 0.330 e. The van der Waals surface area contributed by atoms with Crippen molar-refractivity contribution in [1.29, 1.82) is 0 Å². The van der Waals surface area contributed by atoms with Crippen LogP contribution in [-0.2, 0) is 28.1 Å². The number of carbonyl (C=O) groups is 1. The van der Waals surface area contributed by atoms with Crippen LogP contribution in [-0.4, -0.2) is 71.7 Å². The maximum atomic E-state index is 12.7. The van der Waals surface area contributed by atoms with Crippen molar-refractivity contribution in [1.82, 2.24) is 14.9 Å². The third-order valence-electron chi connectivity index (χ3n) is 8.52. The minimum absolute atomic E-state index is 0.00542. The van der Waals surface area contributed by atoms with Gasteiger partial charge in [0.25, 0.3) is 5.56 Å². The van der Waals surface area contributed by atoms with E-state index in [2.05, 4.69) is 29.1 Å². The van der Waals surface area contributed by atoms with Crippen LogP contribution in [0.1, 0.15) is 121 Å². The molecule has 3 N–H and O–H groups in total. The molecule has 0 spiro atoms. The third kappa shape index (κ3) is 12.1. The monoisotopic (exact) mass is 667 g/mol. The Morgan fingerprint density at radius 3 is 2.22 bits per heavy atom. The standard InChI is InChI=1S/C33H54N3O9P/c1-4-5-6-7-8-9-10-11-12-13-14-15-16-17-18-21-27(37)34-22-19-20-26-23-36(32(39)35-30(26)38)31-28-29(45-46(3,40)41)33(44-31,24-42-2)25-43-28/h23,28-29,31H,4-18,21-22,24-25H2,1-3H3,(H,34,37)(H,40,41)(H,35,38,39)/t28-,29?,31+,33-/m0/s1. The molecular weight excluding hydrogens is 613 g/mol. The fourth-order valence-corrected chi connectivity index (χ4v) is 6.85. The number of ether oxygens (including phenoxy) is 3. The lowest BCUT2D eigenvalue weighted by Crippen LogP contribution is -2.46. The van der Waals surface area contributed by atoms with Crippen LogP contribution in [0.2, 0.25) is 0 Å². The number of fused-ring (bicyclic) bond motifs is 2. The summed E-state index contributed by atoms with van der Waals surface area (Å²) < 4.78 is 35.7. The largest absolute Gasteiger partial charge is 0.381 e. The first-order chi connectivity index (χ1) is 22.1. The first-order valence-corrected chi connectivity index (χ1v) is 19.0. The summed E-state index contributed by atoms with van der Waals surface area (Å²) in [5.74, 6) is 5.37. The van der Waals surface area contributed by atoms with Crippen LogP contribution >= 0.6 is 7.60 Å². The lowest BCUT2D eigenvalue weighted by molar-refractivity contribution is -0.190. The predicted molar refractivity (Wildman–Crippen MR) is 176 cm³/mol. The first kappa shape index (κ1) is 38.2. The number of amides is 1. The van der Waals surface area contributed by atoms with E-state index in [4.69, 9.17) is 18.7 Å². The molecule has 1 aromatic heterocycles. The van der Waals surface area contributed by atoms with Gasteiger partial charge in [-0.05, 0) is 6.42 Å². The molecule has 0 saturated carbocycles. The van der Waals surface area contributed by atoms with E-state index in [9.17, 15) is 23.8 Å². The Morgan fingerprint density at radius 1 is 1.07 bits per heavy atom. The summed E-state index contributed by atoms with van der Waals surface area (Å²) in [5.41, 5.74) is -2.67. The van der Waals surface area contributed by atoms with Crippen LogP contribution in [0.3, 0.4) is 0 Å². The Hall–Kier alpha value is -2.26. The molecule has 2 saturated heterocycles. The normalized spacial score (nSPS) is 23.2. The molecule has 1 amide bonds. The molecule has 5 atom stereocenters. The van der Waals surface area contributed by atoms with Crippen molar-refractivity contribution in [3.05, 3.63) is 32.6 Å². The van der Waals surface area contributed by atoms with Gasteiger partial charge >= 0.3 is 13.3 Å². The lowest BCUT2D eigenvalue weighted by Gasteiger charge is -2.31. The second kappa shape index (κ2) is 19.5. The molecule has 0 radical (unpaired) electrons. The summed E-state index contributed by atoms with van der Waals surface area (Å²) in [5, 5.41) is 2.75. The number of H-pyrrole nitrogens is 1. The van der Waals surface area contributed by atoms with Crippen LogP contribution in [0.4, 0.5) is 0 Å². The van der Waals surface area contributed by atoms with Crippen molar-refractivity contribution >= 4 is 13.5 Å². The van der Waals surface area contributed by atoms with Crippen molar-refractivity contribution in [2.24, 2.45) is 0 Å². The summed E-state index contributed by atoms with van der Waals surface area (Å²) in [6.45, 7) is 3.39. The van der Waals surface area contributed by atoms with Crippen molar-refractivity contribution in [2.75, 3.05) is 33.5 Å². The molecule has 12 nitrogen and oxygen atoms in total. The number of rotatable bonds is 22. The van der Waals surface area contributed by atoms with Crippen LogP contribution in [0.25, 0.3) is 0 Å². The topological polar surface area (TPSA) is 158 Å². The molecule has 2 aliphatic heterocycles. The summed E-state index contributed by atoms with van der Waals surface area (Å²) in [4.78, 5) is 49.4. The summed E-state index contributed by atoms with van der Waals surface area (Å²) in [6, 6.07) is 0. The zero-order valence-electron chi connectivity index (χ0n) is 27.9. The molecule has 46 heavy (non-hydrogen) atoms. The fourth-order valence-electron chi connectivity index (χ4n) is 6.12. The zero-order valence-corrected chi connectivity index (χ0v) is 28.7. The lowest BCUT2D eigenvalue weighted by atomic mass is 10.0. The van der Waals surface area contributed by atoms with Gasteiger partial charge in [-0.2, -0.15) is 0 Å². The van der Waals surface area contributed by atoms with Crippen LogP contribution in [0.15, 0.2) is 15.8 Å². The van der Waals surface area contributed by atoms with Gasteiger partial charge in [-0.25, -0.2) is 4.79 Å². The molecule has 2 fully saturated rings. The van der Waals surface area contributed by atoms with Crippen molar-refractivity contribution < 1.29 is 33.0 Å². The Morgan fingerprint density at radius 2 is 1.65 bits per heavy atom. The molecule has 1 aromatic rings. The second-order valence-corrected chi connectivity index (χ2v) is 14.4. The Bertz CT molecular complexity index is 1310. The molecule has 2 bridgehead atoms. The average molecular weight is 668 g/mol. The van der Waals surface area contributed by atoms with E-state index in [1.807, 2.05) is 0 Å². The van der Waals surface area contributed by atoms with E-state index < -0.39 is 42.9 Å². The molecule has 3 heterocycles. The van der Waals surface area contributed by atoms with E-state index in [0.29, 0.717) is 6.42 Å². The quantitative estimate of drug-likeness (QED) is 0.0899. The highest BCUT2D eigenvalue weighted by Gasteiger charge is 2.64. The Kier molecular flexibility index (Phi) is 16.2. The van der Waals surface area contributed by atoms with E-state index in [1.165, 1.54) is 90.4 Å². The van der Waals surface area contributed by atoms with E-state index in [-0.39, 0.29) is 31.2 Å². The van der Waals surface area contributed by atoms with Crippen LogP contribution in [0.5, 0.6) is 0 Å². The minimum Gasteiger partial charge on any atom is -0.381 e. The number of carbonyl (C=O) groups excluding carboxylic acids is 1. The van der Waals surface area contributed by atoms with Gasteiger partial charge in [-0.3, -0.25) is 28.2 Å². The average Bonchev–Trinajstić information content (AvgIpc) is 3.47. The van der Waals surface area contributed by atoms with E-state index in [0.717, 1.165) is 30.5 Å². The van der Waals surface area contributed by atoms with Gasteiger partial charge in [0.05, 0.1) is 19.8 Å². The number of nitrogens with zero attached hydrogens (tertiary/aromatic N) is 1.